The van der Waals surface area contributed by atoms with Crippen molar-refractivity contribution in [3.05, 3.63) is 10.1 Å². The number of nitrogens with zero attached hydrogens (tertiary/aromatic N) is 1. The van der Waals surface area contributed by atoms with Crippen LogP contribution >= 0.6 is 0 Å². The van der Waals surface area contributed by atoms with Crippen molar-refractivity contribution in [3.63, 3.8) is 0 Å². The molecule has 2 N–H and O–H groups in total. The number of nitro groups is 1. The number of cyclic esters (lactones) is 1. The molecule has 22 heavy (non-hydrogen) atoms. The Morgan fingerprint density at radius 1 is 1.36 bits per heavy atom. The standard InChI is InChI=1S/C13H17NO8/c15-5-7-4-10(17)11(13(19)22-7)12(18)8-2-1-6(16)3-9(8)14(20)21/h6-9,11,15-16H,1-5H2. The fourth-order valence-corrected chi connectivity index (χ4v) is 3.03. The van der Waals surface area contributed by atoms with Crippen molar-refractivity contribution in [2.45, 2.75) is 43.9 Å². The Bertz CT molecular complexity index is 486. The highest BCUT2D eigenvalue weighted by atomic mass is 16.6. The zero-order chi connectivity index (χ0) is 16.4. The average molecular weight is 315 g/mol. The number of ketones is 2. The van der Waals surface area contributed by atoms with Gasteiger partial charge in [-0.1, -0.05) is 0 Å². The molecule has 0 aromatic rings. The number of hydrogen-bond acceptors (Lipinski definition) is 8. The van der Waals surface area contributed by atoms with E-state index in [0.717, 1.165) is 0 Å². The minimum Gasteiger partial charge on any atom is -0.459 e. The summed E-state index contributed by atoms with van der Waals surface area (Å²) >= 11 is 0. The molecule has 1 aliphatic heterocycles. The Balaban J connectivity index is 2.17. The number of Topliss-reactive ketones (excluding diaryl/α,β-unsaturated/α-hetero) is 2. The summed E-state index contributed by atoms with van der Waals surface area (Å²) < 4.78 is 4.80. The van der Waals surface area contributed by atoms with Gasteiger partial charge in [-0.15, -0.1) is 0 Å². The first-order valence-corrected chi connectivity index (χ1v) is 7.04. The Hall–Kier alpha value is -1.87. The summed E-state index contributed by atoms with van der Waals surface area (Å²) in [6, 6.07) is -1.31. The first kappa shape index (κ1) is 16.5. The molecular weight excluding hydrogens is 298 g/mol. The molecular formula is C13H17NO8. The van der Waals surface area contributed by atoms with Crippen LogP contribution in [0.4, 0.5) is 0 Å². The molecule has 2 aliphatic rings. The van der Waals surface area contributed by atoms with Crippen LogP contribution in [0.15, 0.2) is 0 Å². The third-order valence-electron chi connectivity index (χ3n) is 4.18. The first-order valence-electron chi connectivity index (χ1n) is 7.04. The second kappa shape index (κ2) is 6.49. The second-order valence-electron chi connectivity index (χ2n) is 5.67. The van der Waals surface area contributed by atoms with Crippen LogP contribution in [0.3, 0.4) is 0 Å². The maximum absolute atomic E-state index is 12.4. The zero-order valence-corrected chi connectivity index (χ0v) is 11.7. The van der Waals surface area contributed by atoms with Gasteiger partial charge in [-0.05, 0) is 12.8 Å². The Morgan fingerprint density at radius 2 is 2.05 bits per heavy atom. The fourth-order valence-electron chi connectivity index (χ4n) is 3.03. The molecule has 1 heterocycles. The highest BCUT2D eigenvalue weighted by Gasteiger charge is 2.50. The largest absolute Gasteiger partial charge is 0.459 e. The Morgan fingerprint density at radius 3 is 2.59 bits per heavy atom. The van der Waals surface area contributed by atoms with E-state index in [0.29, 0.717) is 0 Å². The van der Waals surface area contributed by atoms with E-state index >= 15 is 0 Å². The molecule has 2 rings (SSSR count). The van der Waals surface area contributed by atoms with Crippen molar-refractivity contribution < 1.29 is 34.3 Å². The number of hydrogen-bond donors (Lipinski definition) is 2. The number of carbonyl (C=O) groups is 3. The number of esters is 1. The summed E-state index contributed by atoms with van der Waals surface area (Å²) in [4.78, 5) is 46.6. The Kier molecular flexibility index (Phi) is 4.87. The minimum atomic E-state index is -1.66. The van der Waals surface area contributed by atoms with Gasteiger partial charge in [0.05, 0.1) is 18.6 Å². The van der Waals surface area contributed by atoms with Gasteiger partial charge in [-0.2, -0.15) is 0 Å². The number of rotatable bonds is 4. The molecule has 0 radical (unpaired) electrons. The van der Waals surface area contributed by atoms with Crippen LogP contribution in [0, 0.1) is 22.0 Å². The second-order valence-corrected chi connectivity index (χ2v) is 5.67. The van der Waals surface area contributed by atoms with Gasteiger partial charge in [-0.3, -0.25) is 24.5 Å². The van der Waals surface area contributed by atoms with Crippen LogP contribution < -0.4 is 0 Å². The van der Waals surface area contributed by atoms with Crippen molar-refractivity contribution in [1.29, 1.82) is 0 Å². The van der Waals surface area contributed by atoms with Gasteiger partial charge >= 0.3 is 5.97 Å². The van der Waals surface area contributed by atoms with E-state index < -0.39 is 59.2 Å². The minimum absolute atomic E-state index is 0.0478. The van der Waals surface area contributed by atoms with Gasteiger partial charge in [0.15, 0.2) is 17.5 Å². The number of aliphatic hydroxyl groups is 2. The van der Waals surface area contributed by atoms with Gasteiger partial charge < -0.3 is 14.9 Å². The average Bonchev–Trinajstić information content (AvgIpc) is 2.45. The quantitative estimate of drug-likeness (QED) is 0.286. The van der Waals surface area contributed by atoms with E-state index in [1.807, 2.05) is 0 Å². The van der Waals surface area contributed by atoms with Crippen molar-refractivity contribution in [2.24, 2.45) is 11.8 Å². The van der Waals surface area contributed by atoms with E-state index in [4.69, 9.17) is 9.84 Å². The molecule has 9 nitrogen and oxygen atoms in total. The van der Waals surface area contributed by atoms with Crippen LogP contribution in [-0.4, -0.2) is 57.5 Å². The van der Waals surface area contributed by atoms with Crippen molar-refractivity contribution in [1.82, 2.24) is 0 Å². The maximum atomic E-state index is 12.4. The molecule has 5 atom stereocenters. The third kappa shape index (κ3) is 3.14. The van der Waals surface area contributed by atoms with Gasteiger partial charge in [0.25, 0.3) is 0 Å². The molecule has 9 heteroatoms. The molecule has 122 valence electrons. The van der Waals surface area contributed by atoms with Crippen LogP contribution in [0.25, 0.3) is 0 Å². The predicted molar refractivity (Wildman–Crippen MR) is 69.2 cm³/mol. The van der Waals surface area contributed by atoms with Gasteiger partial charge in [0, 0.05) is 17.8 Å². The van der Waals surface area contributed by atoms with Crippen LogP contribution in [0.1, 0.15) is 25.7 Å². The Labute approximate surface area is 125 Å². The molecule has 0 bridgehead atoms. The summed E-state index contributed by atoms with van der Waals surface area (Å²) in [7, 11) is 0. The van der Waals surface area contributed by atoms with Crippen molar-refractivity contribution in [2.75, 3.05) is 6.61 Å². The van der Waals surface area contributed by atoms with E-state index in [2.05, 4.69) is 0 Å². The number of aliphatic hydroxyl groups excluding tert-OH is 2. The van der Waals surface area contributed by atoms with E-state index in [-0.39, 0.29) is 25.7 Å². The summed E-state index contributed by atoms with van der Waals surface area (Å²) in [5, 5.41) is 29.5. The topological polar surface area (TPSA) is 144 Å². The van der Waals surface area contributed by atoms with Crippen LogP contribution in [0.2, 0.25) is 0 Å². The summed E-state index contributed by atoms with van der Waals surface area (Å²) in [6.45, 7) is -0.522. The highest BCUT2D eigenvalue weighted by Crippen LogP contribution is 2.31. The van der Waals surface area contributed by atoms with Crippen molar-refractivity contribution >= 4 is 17.5 Å². The normalized spacial score (nSPS) is 35.8. The smallest absolute Gasteiger partial charge is 0.324 e. The van der Waals surface area contributed by atoms with Crippen LogP contribution in [-0.2, 0) is 19.1 Å². The molecule has 2 fully saturated rings. The van der Waals surface area contributed by atoms with Gasteiger partial charge in [0.1, 0.15) is 6.10 Å². The van der Waals surface area contributed by atoms with Gasteiger partial charge in [0.2, 0.25) is 6.04 Å². The first-order chi connectivity index (χ1) is 10.3. The predicted octanol–water partition coefficient (Wildman–Crippen LogP) is -1.15. The molecule has 0 amide bonds. The lowest BCUT2D eigenvalue weighted by atomic mass is 9.75. The molecule has 1 saturated carbocycles. The zero-order valence-electron chi connectivity index (χ0n) is 11.7. The molecule has 5 unspecified atom stereocenters. The van der Waals surface area contributed by atoms with Gasteiger partial charge in [-0.25, -0.2) is 0 Å². The molecule has 0 spiro atoms. The molecule has 0 aromatic carbocycles. The maximum Gasteiger partial charge on any atom is 0.324 e. The summed E-state index contributed by atoms with van der Waals surface area (Å²) in [5.74, 6) is -5.32. The highest BCUT2D eigenvalue weighted by molar-refractivity contribution is 6.19. The lowest BCUT2D eigenvalue weighted by molar-refractivity contribution is -0.534. The van der Waals surface area contributed by atoms with E-state index in [9.17, 15) is 29.6 Å². The lowest BCUT2D eigenvalue weighted by Gasteiger charge is -2.31. The molecule has 0 aromatic heterocycles. The van der Waals surface area contributed by atoms with E-state index in [1.54, 1.807) is 0 Å². The van der Waals surface area contributed by atoms with Crippen LogP contribution in [0.5, 0.6) is 0 Å². The van der Waals surface area contributed by atoms with Crippen molar-refractivity contribution in [3.8, 4) is 0 Å². The van der Waals surface area contributed by atoms with E-state index in [1.165, 1.54) is 0 Å². The summed E-state index contributed by atoms with van der Waals surface area (Å²) in [6.07, 6.45) is -2.05. The SMILES string of the molecule is O=C1CC(CO)OC(=O)C1C(=O)C1CCC(O)CC1[N+](=O)[O-]. The number of carbonyl (C=O) groups excluding carboxylic acids is 3. The fraction of sp³-hybridized carbons (Fsp3) is 0.769. The number of ether oxygens (including phenoxy) is 1. The molecule has 1 aliphatic carbocycles. The summed E-state index contributed by atoms with van der Waals surface area (Å²) in [5.41, 5.74) is 0. The third-order valence-corrected chi connectivity index (χ3v) is 4.18. The molecule has 1 saturated heterocycles. The monoisotopic (exact) mass is 315 g/mol. The lowest BCUT2D eigenvalue weighted by Crippen LogP contribution is -2.50.